The van der Waals surface area contributed by atoms with Gasteiger partial charge in [-0.1, -0.05) is 54.6 Å². The lowest BCUT2D eigenvalue weighted by Gasteiger charge is -2.09. The van der Waals surface area contributed by atoms with Crippen LogP contribution in [0.1, 0.15) is 28.9 Å². The number of rotatable bonds is 7. The zero-order chi connectivity index (χ0) is 21.8. The third kappa shape index (κ3) is 4.91. The van der Waals surface area contributed by atoms with Crippen molar-refractivity contribution in [3.8, 4) is 11.3 Å². The first-order valence-corrected chi connectivity index (χ1v) is 10.5. The highest BCUT2D eigenvalue weighted by molar-refractivity contribution is 5.90. The number of nitrogens with zero attached hydrogens (tertiary/aromatic N) is 4. The van der Waals surface area contributed by atoms with Gasteiger partial charge in [0.15, 0.2) is 0 Å². The number of aromatic nitrogens is 4. The summed E-state index contributed by atoms with van der Waals surface area (Å²) in [5.41, 5.74) is 6.20. The van der Waals surface area contributed by atoms with Crippen LogP contribution in [0.4, 0.5) is 5.82 Å². The van der Waals surface area contributed by atoms with E-state index in [-0.39, 0.29) is 5.91 Å². The maximum Gasteiger partial charge on any atom is 0.227 e. The minimum atomic E-state index is -0.0573. The van der Waals surface area contributed by atoms with E-state index in [0.717, 1.165) is 33.8 Å². The highest BCUT2D eigenvalue weighted by atomic mass is 16.1. The van der Waals surface area contributed by atoms with Crippen molar-refractivity contribution in [3.63, 3.8) is 0 Å². The van der Waals surface area contributed by atoms with E-state index in [0.29, 0.717) is 25.3 Å². The minimum absolute atomic E-state index is 0.0573. The number of hydrogen-bond acceptors (Lipinski definition) is 3. The molecule has 2 aromatic carbocycles. The van der Waals surface area contributed by atoms with Crippen LogP contribution in [0.2, 0.25) is 0 Å². The zero-order valence-corrected chi connectivity index (χ0v) is 18.2. The predicted octanol–water partition coefficient (Wildman–Crippen LogP) is 4.75. The van der Waals surface area contributed by atoms with E-state index in [9.17, 15) is 4.79 Å². The van der Waals surface area contributed by atoms with Gasteiger partial charge < -0.3 is 5.32 Å². The second-order valence-corrected chi connectivity index (χ2v) is 7.82. The van der Waals surface area contributed by atoms with Crippen LogP contribution in [-0.4, -0.2) is 25.5 Å². The Morgan fingerprint density at radius 3 is 2.35 bits per heavy atom. The molecule has 0 unspecified atom stereocenters. The maximum absolute atomic E-state index is 12.7. The smallest absolute Gasteiger partial charge is 0.227 e. The summed E-state index contributed by atoms with van der Waals surface area (Å²) in [4.78, 5) is 12.7. The highest BCUT2D eigenvalue weighted by Gasteiger charge is 2.14. The molecule has 0 fully saturated rings. The topological polar surface area (TPSA) is 64.7 Å². The predicted molar refractivity (Wildman–Crippen MR) is 123 cm³/mol. The van der Waals surface area contributed by atoms with Crippen molar-refractivity contribution in [2.75, 3.05) is 5.32 Å². The van der Waals surface area contributed by atoms with Gasteiger partial charge in [0.05, 0.1) is 17.9 Å². The quantitative estimate of drug-likeness (QED) is 0.476. The van der Waals surface area contributed by atoms with Crippen LogP contribution in [0, 0.1) is 20.8 Å². The Balaban J connectivity index is 1.56. The normalized spacial score (nSPS) is 10.9. The first-order chi connectivity index (χ1) is 15.0. The molecule has 158 valence electrons. The van der Waals surface area contributed by atoms with Crippen molar-refractivity contribution < 1.29 is 4.79 Å². The van der Waals surface area contributed by atoms with Crippen molar-refractivity contribution in [2.45, 2.75) is 40.3 Å². The fourth-order valence-electron chi connectivity index (χ4n) is 3.70. The monoisotopic (exact) mass is 413 g/mol. The molecule has 0 aliphatic rings. The maximum atomic E-state index is 12.7. The SMILES string of the molecule is Cc1cc(C)n(CCC(=O)Nc2cc(-c3ccccc3C)nn2Cc2ccccc2)n1. The molecular weight excluding hydrogens is 386 g/mol. The summed E-state index contributed by atoms with van der Waals surface area (Å²) in [6.07, 6.45) is 0.345. The van der Waals surface area contributed by atoms with Gasteiger partial charge in [0.25, 0.3) is 0 Å². The largest absolute Gasteiger partial charge is 0.311 e. The van der Waals surface area contributed by atoms with E-state index in [1.807, 2.05) is 65.7 Å². The second kappa shape index (κ2) is 9.00. The average Bonchev–Trinajstić information content (AvgIpc) is 3.29. The number of hydrogen-bond donors (Lipinski definition) is 1. The molecule has 6 heteroatoms. The molecule has 0 aliphatic heterocycles. The van der Waals surface area contributed by atoms with Gasteiger partial charge in [-0.3, -0.25) is 9.48 Å². The molecule has 0 aliphatic carbocycles. The molecule has 2 aromatic heterocycles. The van der Waals surface area contributed by atoms with Gasteiger partial charge in [-0.05, 0) is 38.0 Å². The number of anilines is 1. The Labute approximate surface area is 182 Å². The first kappa shape index (κ1) is 20.6. The molecule has 0 bridgehead atoms. The van der Waals surface area contributed by atoms with E-state index in [1.54, 1.807) is 0 Å². The van der Waals surface area contributed by atoms with Gasteiger partial charge in [0.2, 0.25) is 5.91 Å². The molecule has 4 aromatic rings. The van der Waals surface area contributed by atoms with Crippen molar-refractivity contribution in [1.82, 2.24) is 19.6 Å². The molecule has 2 heterocycles. The Morgan fingerprint density at radius 1 is 0.903 bits per heavy atom. The molecule has 0 radical (unpaired) electrons. The van der Waals surface area contributed by atoms with E-state index < -0.39 is 0 Å². The number of aryl methyl sites for hydroxylation is 4. The van der Waals surface area contributed by atoms with Crippen LogP contribution in [0.25, 0.3) is 11.3 Å². The van der Waals surface area contributed by atoms with Gasteiger partial charge in [-0.25, -0.2) is 4.68 Å². The van der Waals surface area contributed by atoms with Crippen molar-refractivity contribution in [3.05, 3.63) is 89.2 Å². The molecular formula is C25H27N5O. The standard InChI is InChI=1S/C25H27N5O/c1-18-9-7-8-12-22(18)23-16-24(30(28-23)17-21-10-5-4-6-11-21)26-25(31)13-14-29-20(3)15-19(2)27-29/h4-12,15-16H,13-14,17H2,1-3H3,(H,26,31). The van der Waals surface area contributed by atoms with Crippen LogP contribution in [0.3, 0.4) is 0 Å². The third-order valence-corrected chi connectivity index (χ3v) is 5.30. The average molecular weight is 414 g/mol. The summed E-state index contributed by atoms with van der Waals surface area (Å²) in [5.74, 6) is 0.638. The molecule has 0 spiro atoms. The van der Waals surface area contributed by atoms with Crippen LogP contribution >= 0.6 is 0 Å². The zero-order valence-electron chi connectivity index (χ0n) is 18.2. The Morgan fingerprint density at radius 2 is 1.65 bits per heavy atom. The van der Waals surface area contributed by atoms with E-state index in [1.165, 1.54) is 0 Å². The van der Waals surface area contributed by atoms with Crippen molar-refractivity contribution in [2.24, 2.45) is 0 Å². The summed E-state index contributed by atoms with van der Waals surface area (Å²) in [7, 11) is 0. The number of amides is 1. The van der Waals surface area contributed by atoms with Gasteiger partial charge in [0, 0.05) is 30.3 Å². The molecule has 0 saturated carbocycles. The summed E-state index contributed by atoms with van der Waals surface area (Å²) in [6.45, 7) is 7.15. The van der Waals surface area contributed by atoms with Crippen LogP contribution in [0.5, 0.6) is 0 Å². The van der Waals surface area contributed by atoms with E-state index in [4.69, 9.17) is 5.10 Å². The lowest BCUT2D eigenvalue weighted by Crippen LogP contribution is -2.18. The van der Waals surface area contributed by atoms with Crippen LogP contribution in [-0.2, 0) is 17.9 Å². The first-order valence-electron chi connectivity index (χ1n) is 10.5. The highest BCUT2D eigenvalue weighted by Crippen LogP contribution is 2.25. The van der Waals surface area contributed by atoms with E-state index in [2.05, 4.69) is 41.6 Å². The fraction of sp³-hybridized carbons (Fsp3) is 0.240. The van der Waals surface area contributed by atoms with E-state index >= 15 is 0 Å². The molecule has 1 amide bonds. The molecule has 1 N–H and O–H groups in total. The Hall–Kier alpha value is -3.67. The lowest BCUT2D eigenvalue weighted by molar-refractivity contribution is -0.116. The second-order valence-electron chi connectivity index (χ2n) is 7.82. The summed E-state index contributed by atoms with van der Waals surface area (Å²) >= 11 is 0. The summed E-state index contributed by atoms with van der Waals surface area (Å²) < 4.78 is 3.73. The fourth-order valence-corrected chi connectivity index (χ4v) is 3.70. The number of benzene rings is 2. The van der Waals surface area contributed by atoms with Crippen LogP contribution < -0.4 is 5.32 Å². The lowest BCUT2D eigenvalue weighted by atomic mass is 10.1. The van der Waals surface area contributed by atoms with Crippen molar-refractivity contribution >= 4 is 11.7 Å². The molecule has 0 saturated heterocycles. The number of carbonyl (C=O) groups excluding carboxylic acids is 1. The van der Waals surface area contributed by atoms with Gasteiger partial charge in [0.1, 0.15) is 5.82 Å². The van der Waals surface area contributed by atoms with Crippen molar-refractivity contribution in [1.29, 1.82) is 0 Å². The Kier molecular flexibility index (Phi) is 5.98. The Bertz CT molecular complexity index is 1190. The summed E-state index contributed by atoms with van der Waals surface area (Å²) in [6, 6.07) is 22.2. The van der Waals surface area contributed by atoms with Crippen LogP contribution in [0.15, 0.2) is 66.7 Å². The molecule has 31 heavy (non-hydrogen) atoms. The molecule has 4 rings (SSSR count). The van der Waals surface area contributed by atoms with Gasteiger partial charge in [-0.2, -0.15) is 10.2 Å². The van der Waals surface area contributed by atoms with Gasteiger partial charge in [-0.15, -0.1) is 0 Å². The summed E-state index contributed by atoms with van der Waals surface area (Å²) in [5, 5.41) is 12.3. The molecule has 6 nitrogen and oxygen atoms in total. The molecule has 0 atom stereocenters. The number of nitrogens with one attached hydrogen (secondary N) is 1. The third-order valence-electron chi connectivity index (χ3n) is 5.30. The van der Waals surface area contributed by atoms with Gasteiger partial charge >= 0.3 is 0 Å². The number of carbonyl (C=O) groups is 1. The minimum Gasteiger partial charge on any atom is -0.311 e.